The third-order valence-electron chi connectivity index (χ3n) is 9.17. The van der Waals surface area contributed by atoms with Crippen molar-refractivity contribution >= 4 is 21.8 Å². The Bertz CT molecular complexity index is 1480. The summed E-state index contributed by atoms with van der Waals surface area (Å²) < 4.78 is 97.1. The third kappa shape index (κ3) is 8.80. The summed E-state index contributed by atoms with van der Waals surface area (Å²) in [4.78, 5) is 3.88. The minimum atomic E-state index is -4.62. The number of aliphatic hydroxyl groups excluding tert-OH is 1. The number of alkyl halides is 5. The van der Waals surface area contributed by atoms with Crippen LogP contribution in [0.2, 0.25) is 0 Å². The summed E-state index contributed by atoms with van der Waals surface area (Å²) >= 11 is 1.00. The smallest absolute Gasteiger partial charge is 0.390 e. The molecule has 0 aliphatic carbocycles. The normalized spacial score (nSPS) is 22.1. The van der Waals surface area contributed by atoms with Gasteiger partial charge in [0.1, 0.15) is 0 Å². The molecule has 0 saturated carbocycles. The van der Waals surface area contributed by atoms with E-state index < -0.39 is 39.4 Å². The highest BCUT2D eigenvalue weighted by Gasteiger charge is 2.36. The van der Waals surface area contributed by atoms with Gasteiger partial charge in [-0.15, -0.1) is 11.8 Å². The lowest BCUT2D eigenvalue weighted by molar-refractivity contribution is -0.139. The van der Waals surface area contributed by atoms with Gasteiger partial charge in [0, 0.05) is 99.1 Å². The molecule has 9 nitrogen and oxygen atoms in total. The summed E-state index contributed by atoms with van der Waals surface area (Å²) in [5.74, 6) is -2.44. The van der Waals surface area contributed by atoms with Gasteiger partial charge in [0.25, 0.3) is 5.92 Å². The monoisotopic (exact) mass is 695 g/mol. The molecule has 2 fully saturated rings. The average Bonchev–Trinajstić information content (AvgIpc) is 3.31. The third-order valence-corrected chi connectivity index (χ3v) is 11.5. The summed E-state index contributed by atoms with van der Waals surface area (Å²) in [6.45, 7) is 4.47. The maximum absolute atomic E-state index is 14.0. The zero-order valence-electron chi connectivity index (χ0n) is 26.1. The lowest BCUT2D eigenvalue weighted by Gasteiger charge is -2.36. The number of hydrogen-bond donors (Lipinski definition) is 2. The van der Waals surface area contributed by atoms with Crippen LogP contribution in [0.25, 0.3) is 11.3 Å². The Morgan fingerprint density at radius 3 is 2.30 bits per heavy atom. The fraction of sp³-hybridized carbons (Fsp3) is 0.700. The molecule has 5 rings (SSSR count). The topological polar surface area (TPSA) is 102 Å². The van der Waals surface area contributed by atoms with Crippen molar-refractivity contribution in [2.24, 2.45) is 0 Å². The number of halogens is 5. The van der Waals surface area contributed by atoms with Gasteiger partial charge < -0.3 is 20.0 Å². The summed E-state index contributed by atoms with van der Waals surface area (Å²) in [6.07, 6.45) is -3.37. The molecule has 2 saturated heterocycles. The zero-order chi connectivity index (χ0) is 33.5. The minimum absolute atomic E-state index is 0.00386. The first-order valence-corrected chi connectivity index (χ1v) is 18.3. The van der Waals surface area contributed by atoms with Crippen LogP contribution in [0.4, 0.5) is 22.0 Å². The molecule has 0 unspecified atom stereocenters. The molecule has 4 heterocycles. The molecular formula is C30H42F5N5O4S2. The lowest BCUT2D eigenvalue weighted by Crippen LogP contribution is -2.45. The van der Waals surface area contributed by atoms with Gasteiger partial charge >= 0.3 is 6.18 Å². The second-order valence-corrected chi connectivity index (χ2v) is 16.1. The number of hydrogen-bond acceptors (Lipinski definition) is 8. The van der Waals surface area contributed by atoms with E-state index in [1.54, 1.807) is 11.6 Å². The van der Waals surface area contributed by atoms with Crippen LogP contribution < -0.4 is 0 Å². The van der Waals surface area contributed by atoms with Crippen molar-refractivity contribution in [3.8, 4) is 11.3 Å². The molecule has 46 heavy (non-hydrogen) atoms. The van der Waals surface area contributed by atoms with Crippen LogP contribution in [0.5, 0.6) is 0 Å². The number of β-amino-alcohol motifs (C(OH)–C–C–N with tert-alkyl or cyclic N) is 1. The van der Waals surface area contributed by atoms with E-state index in [9.17, 15) is 40.6 Å². The molecule has 0 bridgehead atoms. The quantitative estimate of drug-likeness (QED) is 0.285. The summed E-state index contributed by atoms with van der Waals surface area (Å²) in [6, 6.07) is 3.75. The Labute approximate surface area is 270 Å². The van der Waals surface area contributed by atoms with Crippen LogP contribution in [-0.4, -0.2) is 118 Å². The minimum Gasteiger partial charge on any atom is -0.390 e. The van der Waals surface area contributed by atoms with Crippen LogP contribution in [0.3, 0.4) is 0 Å². The van der Waals surface area contributed by atoms with Crippen LogP contribution in [0.1, 0.15) is 49.4 Å². The van der Waals surface area contributed by atoms with E-state index in [0.717, 1.165) is 29.8 Å². The van der Waals surface area contributed by atoms with Crippen LogP contribution in [-0.2, 0) is 35.7 Å². The van der Waals surface area contributed by atoms with Crippen LogP contribution >= 0.6 is 11.8 Å². The Kier molecular flexibility index (Phi) is 10.5. The van der Waals surface area contributed by atoms with Crippen LogP contribution in [0.15, 0.2) is 23.1 Å². The van der Waals surface area contributed by atoms with Gasteiger partial charge in [-0.1, -0.05) is 6.07 Å². The molecule has 258 valence electrons. The van der Waals surface area contributed by atoms with Crippen molar-refractivity contribution in [3.63, 3.8) is 0 Å². The number of thioether (sulfide) groups is 1. The number of benzene rings is 1. The van der Waals surface area contributed by atoms with Gasteiger partial charge in [0.05, 0.1) is 35.8 Å². The van der Waals surface area contributed by atoms with E-state index in [4.69, 9.17) is 5.10 Å². The molecule has 3 aliphatic heterocycles. The summed E-state index contributed by atoms with van der Waals surface area (Å²) in [5, 5.41) is 26.0. The number of fused-ring (bicyclic) bond motifs is 1. The van der Waals surface area contributed by atoms with Crippen molar-refractivity contribution in [2.75, 3.05) is 57.8 Å². The summed E-state index contributed by atoms with van der Waals surface area (Å²) in [5.41, 5.74) is 0.528. The van der Waals surface area contributed by atoms with Crippen molar-refractivity contribution in [1.82, 2.24) is 23.9 Å². The van der Waals surface area contributed by atoms with E-state index in [-0.39, 0.29) is 56.2 Å². The first-order chi connectivity index (χ1) is 21.4. The predicted octanol–water partition coefficient (Wildman–Crippen LogP) is 3.92. The Balaban J connectivity index is 1.39. The summed E-state index contributed by atoms with van der Waals surface area (Å²) in [7, 11) is -3.56. The number of nitrogens with zero attached hydrogens (tertiary/aromatic N) is 5. The fourth-order valence-corrected chi connectivity index (χ4v) is 8.22. The molecule has 1 aromatic heterocycles. The maximum Gasteiger partial charge on any atom is 0.417 e. The van der Waals surface area contributed by atoms with Gasteiger partial charge in [-0.2, -0.15) is 22.6 Å². The molecule has 0 radical (unpaired) electrons. The number of rotatable bonds is 10. The molecule has 1 aromatic carbocycles. The number of aromatic nitrogens is 2. The molecule has 3 aliphatic rings. The van der Waals surface area contributed by atoms with Crippen molar-refractivity contribution in [1.29, 1.82) is 0 Å². The highest BCUT2D eigenvalue weighted by molar-refractivity contribution is 7.99. The number of piperidine rings is 2. The van der Waals surface area contributed by atoms with Gasteiger partial charge in [-0.05, 0) is 31.9 Å². The van der Waals surface area contributed by atoms with Crippen LogP contribution in [0, 0.1) is 0 Å². The highest BCUT2D eigenvalue weighted by Crippen LogP contribution is 2.40. The first-order valence-electron chi connectivity index (χ1n) is 15.5. The molecular weight excluding hydrogens is 653 g/mol. The van der Waals surface area contributed by atoms with E-state index in [1.165, 1.54) is 16.4 Å². The SMILES string of the molecule is CC1(O)CCN(C[C@H](O)Cn2nc(-c3ccc(C(F)(F)F)c(SCCN4CCC(F)(F)CC4)c3)c3c2CCN(S(C)(=O)=O)C3)CC1. The maximum atomic E-state index is 14.0. The zero-order valence-corrected chi connectivity index (χ0v) is 27.7. The highest BCUT2D eigenvalue weighted by atomic mass is 32.2. The average molecular weight is 696 g/mol. The second-order valence-electron chi connectivity index (χ2n) is 13.0. The number of aliphatic hydroxyl groups is 2. The van der Waals surface area contributed by atoms with E-state index in [0.29, 0.717) is 62.3 Å². The number of sulfonamides is 1. The Morgan fingerprint density at radius 1 is 1.02 bits per heavy atom. The molecule has 0 amide bonds. The predicted molar refractivity (Wildman–Crippen MR) is 165 cm³/mol. The molecule has 16 heteroatoms. The van der Waals surface area contributed by atoms with Crippen molar-refractivity contribution < 1.29 is 40.6 Å². The molecule has 2 N–H and O–H groups in total. The van der Waals surface area contributed by atoms with Crippen molar-refractivity contribution in [2.45, 2.75) is 80.8 Å². The standard InChI is InChI=1S/C30H42F5N5O4S2/c1-28(42)6-11-38(12-7-28)18-22(41)19-40-25-5-10-39(46(2,43)44)20-23(25)27(36-40)21-3-4-24(30(33,34)35)26(17-21)45-16-15-37-13-8-29(31,32)9-14-37/h3-4,17,22,41-42H,5-16,18-20H2,1-2H3/t22-/m0/s1. The largest absolute Gasteiger partial charge is 0.417 e. The van der Waals surface area contributed by atoms with Crippen molar-refractivity contribution in [3.05, 3.63) is 35.0 Å². The van der Waals surface area contributed by atoms with E-state index in [1.807, 2.05) is 4.90 Å². The number of likely N-dealkylation sites (tertiary alicyclic amines) is 2. The lowest BCUT2D eigenvalue weighted by atomic mass is 9.94. The molecule has 2 aromatic rings. The molecule has 0 spiro atoms. The Morgan fingerprint density at radius 2 is 1.67 bits per heavy atom. The van der Waals surface area contributed by atoms with E-state index >= 15 is 0 Å². The first kappa shape index (κ1) is 35.5. The molecule has 1 atom stereocenters. The van der Waals surface area contributed by atoms with Gasteiger partial charge in [-0.25, -0.2) is 17.2 Å². The van der Waals surface area contributed by atoms with Gasteiger partial charge in [0.15, 0.2) is 0 Å². The Hall–Kier alpha value is -1.82. The fourth-order valence-electron chi connectivity index (χ4n) is 6.32. The second kappa shape index (κ2) is 13.6. The van der Waals surface area contributed by atoms with Gasteiger partial charge in [-0.3, -0.25) is 4.68 Å². The van der Waals surface area contributed by atoms with E-state index in [2.05, 4.69) is 4.90 Å². The van der Waals surface area contributed by atoms with Gasteiger partial charge in [0.2, 0.25) is 10.0 Å².